The first kappa shape index (κ1) is 14.6. The van der Waals surface area contributed by atoms with E-state index < -0.39 is 36.6 Å². The molecule has 2 fully saturated rings. The molecule has 1 heterocycles. The second kappa shape index (κ2) is 4.94. The maximum atomic E-state index is 13.0. The number of carboxylic acid groups (broad SMARTS) is 1. The molecule has 7 heteroatoms. The largest absolute Gasteiger partial charge is 0.481 e. The second-order valence-electron chi connectivity index (χ2n) is 5.52. The lowest BCUT2D eigenvalue weighted by molar-refractivity contribution is -0.228. The van der Waals surface area contributed by atoms with Crippen molar-refractivity contribution in [3.63, 3.8) is 0 Å². The van der Waals surface area contributed by atoms with Gasteiger partial charge in [-0.3, -0.25) is 9.69 Å². The van der Waals surface area contributed by atoms with E-state index in [9.17, 15) is 23.1 Å². The molecule has 0 radical (unpaired) electrons. The quantitative estimate of drug-likeness (QED) is 0.807. The predicted octanol–water partition coefficient (Wildman–Crippen LogP) is 1.63. The van der Waals surface area contributed by atoms with Crippen LogP contribution in [0.2, 0.25) is 0 Å². The normalized spacial score (nSPS) is 37.5. The summed E-state index contributed by atoms with van der Waals surface area (Å²) in [7, 11) is 0. The molecule has 1 saturated carbocycles. The van der Waals surface area contributed by atoms with Gasteiger partial charge >= 0.3 is 12.1 Å². The van der Waals surface area contributed by atoms with Crippen molar-refractivity contribution in [1.29, 1.82) is 0 Å². The highest BCUT2D eigenvalue weighted by atomic mass is 19.4. The molecule has 0 aromatic heterocycles. The standard InChI is InChI=1S/C12H18F3NO3/c13-12(14,15)11(10(18)19)5-6-16(7-11)8-3-1-2-4-9(8)17/h8-9,17H,1-7H2,(H,18,19). The van der Waals surface area contributed by atoms with Crippen molar-refractivity contribution in [1.82, 2.24) is 4.90 Å². The van der Waals surface area contributed by atoms with Crippen LogP contribution in [0.25, 0.3) is 0 Å². The van der Waals surface area contributed by atoms with E-state index in [0.29, 0.717) is 12.8 Å². The second-order valence-corrected chi connectivity index (χ2v) is 5.52. The first-order valence-corrected chi connectivity index (χ1v) is 6.50. The number of aliphatic hydroxyl groups excluding tert-OH is 1. The van der Waals surface area contributed by atoms with Crippen LogP contribution in [0.4, 0.5) is 13.2 Å². The number of hydrogen-bond acceptors (Lipinski definition) is 3. The van der Waals surface area contributed by atoms with Crippen molar-refractivity contribution in [2.75, 3.05) is 13.1 Å². The fourth-order valence-electron chi connectivity index (χ4n) is 3.17. The number of carboxylic acids is 1. The molecule has 0 aromatic carbocycles. The fraction of sp³-hybridized carbons (Fsp3) is 0.917. The molecule has 3 atom stereocenters. The molecular weight excluding hydrogens is 263 g/mol. The molecule has 0 spiro atoms. The highest BCUT2D eigenvalue weighted by Crippen LogP contribution is 2.47. The molecule has 110 valence electrons. The maximum Gasteiger partial charge on any atom is 0.406 e. The summed E-state index contributed by atoms with van der Waals surface area (Å²) in [6.45, 7) is -0.471. The van der Waals surface area contributed by atoms with Gasteiger partial charge in [-0.1, -0.05) is 12.8 Å². The van der Waals surface area contributed by atoms with Crippen LogP contribution in [0.15, 0.2) is 0 Å². The summed E-state index contributed by atoms with van der Waals surface area (Å²) < 4.78 is 39.1. The number of nitrogens with zero attached hydrogens (tertiary/aromatic N) is 1. The molecule has 0 amide bonds. The number of likely N-dealkylation sites (tertiary alicyclic amines) is 1. The lowest BCUT2D eigenvalue weighted by Gasteiger charge is -2.36. The smallest absolute Gasteiger partial charge is 0.406 e. The molecule has 3 unspecified atom stereocenters. The summed E-state index contributed by atoms with van der Waals surface area (Å²) in [6.07, 6.45) is -2.89. The van der Waals surface area contributed by atoms with E-state index in [1.165, 1.54) is 4.90 Å². The van der Waals surface area contributed by atoms with Gasteiger partial charge in [0.25, 0.3) is 0 Å². The molecule has 0 aromatic rings. The Kier molecular flexibility index (Phi) is 3.79. The van der Waals surface area contributed by atoms with E-state index in [-0.39, 0.29) is 12.6 Å². The van der Waals surface area contributed by atoms with Crippen LogP contribution in [0.5, 0.6) is 0 Å². The Morgan fingerprint density at radius 1 is 1.26 bits per heavy atom. The molecular formula is C12H18F3NO3. The highest BCUT2D eigenvalue weighted by Gasteiger charge is 2.64. The van der Waals surface area contributed by atoms with Crippen LogP contribution in [0.3, 0.4) is 0 Å². The number of aliphatic carboxylic acids is 1. The van der Waals surface area contributed by atoms with Crippen LogP contribution < -0.4 is 0 Å². The lowest BCUT2D eigenvalue weighted by Crippen LogP contribution is -2.50. The zero-order chi connectivity index (χ0) is 14.3. The van der Waals surface area contributed by atoms with Crippen LogP contribution in [-0.2, 0) is 4.79 Å². The van der Waals surface area contributed by atoms with Crippen LogP contribution in [0, 0.1) is 5.41 Å². The van der Waals surface area contributed by atoms with Gasteiger partial charge in [0.05, 0.1) is 6.10 Å². The van der Waals surface area contributed by atoms with Gasteiger partial charge < -0.3 is 10.2 Å². The average molecular weight is 281 g/mol. The van der Waals surface area contributed by atoms with Crippen molar-refractivity contribution in [3.8, 4) is 0 Å². The average Bonchev–Trinajstić information content (AvgIpc) is 2.75. The Hall–Kier alpha value is -0.820. The number of halogens is 3. The molecule has 1 saturated heterocycles. The number of rotatable bonds is 2. The first-order chi connectivity index (χ1) is 8.78. The molecule has 1 aliphatic heterocycles. The van der Waals surface area contributed by atoms with Gasteiger partial charge in [0.15, 0.2) is 5.41 Å². The molecule has 19 heavy (non-hydrogen) atoms. The van der Waals surface area contributed by atoms with Gasteiger partial charge in [0.2, 0.25) is 0 Å². The summed E-state index contributed by atoms with van der Waals surface area (Å²) >= 11 is 0. The minimum absolute atomic E-state index is 0.0769. The minimum Gasteiger partial charge on any atom is -0.481 e. The Labute approximate surface area is 109 Å². The highest BCUT2D eigenvalue weighted by molar-refractivity contribution is 5.76. The van der Waals surface area contributed by atoms with E-state index in [4.69, 9.17) is 5.11 Å². The molecule has 0 bridgehead atoms. The van der Waals surface area contributed by atoms with Crippen molar-refractivity contribution in [2.24, 2.45) is 5.41 Å². The van der Waals surface area contributed by atoms with Gasteiger partial charge in [-0.15, -0.1) is 0 Å². The number of aliphatic hydroxyl groups is 1. The van der Waals surface area contributed by atoms with Crippen molar-refractivity contribution >= 4 is 5.97 Å². The Morgan fingerprint density at radius 2 is 1.89 bits per heavy atom. The summed E-state index contributed by atoms with van der Waals surface area (Å²) in [5, 5.41) is 18.8. The van der Waals surface area contributed by atoms with Crippen molar-refractivity contribution in [3.05, 3.63) is 0 Å². The third-order valence-corrected chi connectivity index (χ3v) is 4.41. The zero-order valence-electron chi connectivity index (χ0n) is 10.5. The number of carbonyl (C=O) groups is 1. The first-order valence-electron chi connectivity index (χ1n) is 6.50. The van der Waals surface area contributed by atoms with Crippen molar-refractivity contribution < 1.29 is 28.2 Å². The Bertz CT molecular complexity index is 361. The molecule has 4 nitrogen and oxygen atoms in total. The molecule has 2 rings (SSSR count). The van der Waals surface area contributed by atoms with E-state index in [2.05, 4.69) is 0 Å². The van der Waals surface area contributed by atoms with Crippen LogP contribution >= 0.6 is 0 Å². The summed E-state index contributed by atoms with van der Waals surface area (Å²) in [6, 6.07) is -0.336. The van der Waals surface area contributed by atoms with Gasteiger partial charge in [-0.05, 0) is 19.3 Å². The number of alkyl halides is 3. The molecule has 2 aliphatic rings. The summed E-state index contributed by atoms with van der Waals surface area (Å²) in [5.41, 5.74) is -2.68. The van der Waals surface area contributed by atoms with Gasteiger partial charge in [0, 0.05) is 19.1 Å². The van der Waals surface area contributed by atoms with Crippen LogP contribution in [-0.4, -0.2) is 52.5 Å². The van der Waals surface area contributed by atoms with Crippen molar-refractivity contribution in [2.45, 2.75) is 50.4 Å². The maximum absolute atomic E-state index is 13.0. The minimum atomic E-state index is -4.76. The van der Waals surface area contributed by atoms with E-state index in [0.717, 1.165) is 12.8 Å². The zero-order valence-corrected chi connectivity index (χ0v) is 10.5. The van der Waals surface area contributed by atoms with Gasteiger partial charge in [0.1, 0.15) is 0 Å². The monoisotopic (exact) mass is 281 g/mol. The van der Waals surface area contributed by atoms with E-state index >= 15 is 0 Å². The van der Waals surface area contributed by atoms with E-state index in [1.54, 1.807) is 0 Å². The third-order valence-electron chi connectivity index (χ3n) is 4.41. The molecule has 2 N–H and O–H groups in total. The predicted molar refractivity (Wildman–Crippen MR) is 60.6 cm³/mol. The topological polar surface area (TPSA) is 60.8 Å². The fourth-order valence-corrected chi connectivity index (χ4v) is 3.17. The number of hydrogen-bond donors (Lipinski definition) is 2. The van der Waals surface area contributed by atoms with E-state index in [1.807, 2.05) is 0 Å². The van der Waals surface area contributed by atoms with Gasteiger partial charge in [-0.2, -0.15) is 13.2 Å². The van der Waals surface area contributed by atoms with Gasteiger partial charge in [-0.25, -0.2) is 0 Å². The Morgan fingerprint density at radius 3 is 2.37 bits per heavy atom. The SMILES string of the molecule is O=C(O)C1(C(F)(F)F)CCN(C2CCCCC2O)C1. The lowest BCUT2D eigenvalue weighted by atomic mass is 9.86. The third kappa shape index (κ3) is 2.45. The summed E-state index contributed by atoms with van der Waals surface area (Å²) in [4.78, 5) is 12.6. The van der Waals surface area contributed by atoms with Crippen LogP contribution in [0.1, 0.15) is 32.1 Å². The summed E-state index contributed by atoms with van der Waals surface area (Å²) in [5.74, 6) is -1.81. The molecule has 1 aliphatic carbocycles. The Balaban J connectivity index is 2.15.